The van der Waals surface area contributed by atoms with Gasteiger partial charge in [-0.25, -0.2) is 0 Å². The summed E-state index contributed by atoms with van der Waals surface area (Å²) in [4.78, 5) is 4.21. The fourth-order valence-corrected chi connectivity index (χ4v) is 2.89. The third-order valence-corrected chi connectivity index (χ3v) is 4.46. The van der Waals surface area contributed by atoms with Crippen molar-refractivity contribution in [1.29, 1.82) is 0 Å². The van der Waals surface area contributed by atoms with Crippen LogP contribution in [0.5, 0.6) is 11.5 Å². The largest absolute Gasteiger partial charge is 0.497 e. The highest BCUT2D eigenvalue weighted by Crippen LogP contribution is 2.30. The Labute approximate surface area is 154 Å². The van der Waals surface area contributed by atoms with E-state index in [4.69, 9.17) is 9.47 Å². The summed E-state index contributed by atoms with van der Waals surface area (Å²) in [6.45, 7) is 2.93. The van der Waals surface area contributed by atoms with Gasteiger partial charge in [0.1, 0.15) is 11.5 Å². The van der Waals surface area contributed by atoms with Crippen molar-refractivity contribution in [3.05, 3.63) is 78.1 Å². The Morgan fingerprint density at radius 1 is 1.00 bits per heavy atom. The Hall–Kier alpha value is -2.85. The summed E-state index contributed by atoms with van der Waals surface area (Å²) in [5.41, 5.74) is 4.53. The second-order valence-electron chi connectivity index (χ2n) is 6.15. The Morgan fingerprint density at radius 2 is 1.81 bits per heavy atom. The molecule has 0 unspecified atom stereocenters. The fourth-order valence-electron chi connectivity index (χ4n) is 2.89. The summed E-state index contributed by atoms with van der Waals surface area (Å²) in [7, 11) is 3.37. The molecule has 4 heteroatoms. The number of methoxy groups -OCH3 is 2. The van der Waals surface area contributed by atoms with E-state index in [1.165, 1.54) is 11.1 Å². The lowest BCUT2D eigenvalue weighted by Gasteiger charge is -2.16. The van der Waals surface area contributed by atoms with E-state index in [0.717, 1.165) is 29.2 Å². The van der Waals surface area contributed by atoms with E-state index in [1.54, 1.807) is 20.4 Å². The van der Waals surface area contributed by atoms with Crippen LogP contribution in [0.1, 0.15) is 24.1 Å². The summed E-state index contributed by atoms with van der Waals surface area (Å²) in [5.74, 6) is 1.72. The van der Waals surface area contributed by atoms with Crippen LogP contribution in [-0.2, 0) is 6.54 Å². The second-order valence-corrected chi connectivity index (χ2v) is 6.15. The maximum atomic E-state index is 5.51. The molecule has 0 radical (unpaired) electrons. The van der Waals surface area contributed by atoms with Gasteiger partial charge in [-0.3, -0.25) is 4.98 Å². The van der Waals surface area contributed by atoms with E-state index < -0.39 is 0 Å². The molecule has 3 aromatic rings. The lowest BCUT2D eigenvalue weighted by Crippen LogP contribution is -2.18. The summed E-state index contributed by atoms with van der Waals surface area (Å²) in [6, 6.07) is 18.6. The SMILES string of the molecule is COc1ccc([C@@H](C)NCc2ccc(OC)c(-c3cccnc3)c2)cc1. The monoisotopic (exact) mass is 348 g/mol. The van der Waals surface area contributed by atoms with Gasteiger partial charge in [0.2, 0.25) is 0 Å². The number of hydrogen-bond acceptors (Lipinski definition) is 4. The topological polar surface area (TPSA) is 43.4 Å². The van der Waals surface area contributed by atoms with Crippen molar-refractivity contribution in [3.63, 3.8) is 0 Å². The predicted octanol–water partition coefficient (Wildman–Crippen LogP) is 4.62. The summed E-state index contributed by atoms with van der Waals surface area (Å²) in [6.07, 6.45) is 3.63. The molecule has 1 heterocycles. The van der Waals surface area contributed by atoms with Gasteiger partial charge in [-0.1, -0.05) is 24.3 Å². The molecule has 0 spiro atoms. The van der Waals surface area contributed by atoms with Crippen LogP contribution in [0.3, 0.4) is 0 Å². The molecule has 0 aliphatic heterocycles. The highest BCUT2D eigenvalue weighted by Gasteiger charge is 2.09. The molecule has 1 aromatic heterocycles. The molecule has 0 aliphatic carbocycles. The minimum atomic E-state index is 0.241. The predicted molar refractivity (Wildman–Crippen MR) is 104 cm³/mol. The van der Waals surface area contributed by atoms with E-state index >= 15 is 0 Å². The first-order valence-electron chi connectivity index (χ1n) is 8.66. The van der Waals surface area contributed by atoms with Crippen LogP contribution in [0.4, 0.5) is 0 Å². The van der Waals surface area contributed by atoms with Crippen molar-refractivity contribution in [2.24, 2.45) is 0 Å². The van der Waals surface area contributed by atoms with Crippen LogP contribution in [-0.4, -0.2) is 19.2 Å². The number of benzene rings is 2. The van der Waals surface area contributed by atoms with Gasteiger partial charge >= 0.3 is 0 Å². The normalized spacial score (nSPS) is 11.8. The van der Waals surface area contributed by atoms with Gasteiger partial charge in [0, 0.05) is 36.1 Å². The molecule has 1 atom stereocenters. The third kappa shape index (κ3) is 4.21. The van der Waals surface area contributed by atoms with Crippen LogP contribution in [0.15, 0.2) is 67.0 Å². The molecule has 4 nitrogen and oxygen atoms in total. The van der Waals surface area contributed by atoms with Crippen molar-refractivity contribution in [3.8, 4) is 22.6 Å². The van der Waals surface area contributed by atoms with Gasteiger partial charge in [-0.05, 0) is 48.4 Å². The molecule has 0 aliphatic rings. The quantitative estimate of drug-likeness (QED) is 0.677. The van der Waals surface area contributed by atoms with Gasteiger partial charge in [-0.2, -0.15) is 0 Å². The zero-order valence-corrected chi connectivity index (χ0v) is 15.4. The van der Waals surface area contributed by atoms with Crippen LogP contribution in [0, 0.1) is 0 Å². The first-order valence-corrected chi connectivity index (χ1v) is 8.66. The first-order chi connectivity index (χ1) is 12.7. The van der Waals surface area contributed by atoms with E-state index in [9.17, 15) is 0 Å². The van der Waals surface area contributed by atoms with Crippen LogP contribution in [0.2, 0.25) is 0 Å². The highest BCUT2D eigenvalue weighted by atomic mass is 16.5. The summed E-state index contributed by atoms with van der Waals surface area (Å²) < 4.78 is 10.7. The van der Waals surface area contributed by atoms with Crippen molar-refractivity contribution in [2.45, 2.75) is 19.5 Å². The highest BCUT2D eigenvalue weighted by molar-refractivity contribution is 5.70. The zero-order chi connectivity index (χ0) is 18.4. The van der Waals surface area contributed by atoms with E-state index in [2.05, 4.69) is 41.5 Å². The maximum Gasteiger partial charge on any atom is 0.126 e. The van der Waals surface area contributed by atoms with E-state index in [1.807, 2.05) is 36.5 Å². The molecule has 26 heavy (non-hydrogen) atoms. The maximum absolute atomic E-state index is 5.51. The van der Waals surface area contributed by atoms with Crippen molar-refractivity contribution >= 4 is 0 Å². The standard InChI is InChI=1S/C22H24N2O2/c1-16(18-7-9-20(25-2)10-8-18)24-14-17-6-11-22(26-3)21(13-17)19-5-4-12-23-15-19/h4-13,15-16,24H,14H2,1-3H3/t16-/m1/s1. The molecule has 0 saturated carbocycles. The molecule has 134 valence electrons. The first kappa shape index (κ1) is 18.0. The number of pyridine rings is 1. The van der Waals surface area contributed by atoms with Crippen LogP contribution in [0.25, 0.3) is 11.1 Å². The second kappa shape index (κ2) is 8.50. The van der Waals surface area contributed by atoms with Gasteiger partial charge in [-0.15, -0.1) is 0 Å². The number of hydrogen-bond donors (Lipinski definition) is 1. The Balaban J connectivity index is 1.73. The number of ether oxygens (including phenoxy) is 2. The molecule has 0 amide bonds. The van der Waals surface area contributed by atoms with Crippen molar-refractivity contribution in [2.75, 3.05) is 14.2 Å². The number of nitrogens with one attached hydrogen (secondary N) is 1. The lowest BCUT2D eigenvalue weighted by molar-refractivity contribution is 0.414. The van der Waals surface area contributed by atoms with Gasteiger partial charge in [0.05, 0.1) is 14.2 Å². The molecular formula is C22H24N2O2. The molecule has 3 rings (SSSR count). The zero-order valence-electron chi connectivity index (χ0n) is 15.4. The van der Waals surface area contributed by atoms with Gasteiger partial charge < -0.3 is 14.8 Å². The summed E-state index contributed by atoms with van der Waals surface area (Å²) >= 11 is 0. The third-order valence-electron chi connectivity index (χ3n) is 4.46. The van der Waals surface area contributed by atoms with Crippen LogP contribution >= 0.6 is 0 Å². The van der Waals surface area contributed by atoms with E-state index in [-0.39, 0.29) is 6.04 Å². The average molecular weight is 348 g/mol. The minimum absolute atomic E-state index is 0.241. The molecule has 0 bridgehead atoms. The fraction of sp³-hybridized carbons (Fsp3) is 0.227. The average Bonchev–Trinajstić information content (AvgIpc) is 2.72. The molecule has 0 fully saturated rings. The lowest BCUT2D eigenvalue weighted by atomic mass is 10.0. The number of nitrogens with zero attached hydrogens (tertiary/aromatic N) is 1. The minimum Gasteiger partial charge on any atom is -0.497 e. The van der Waals surface area contributed by atoms with Gasteiger partial charge in [0.25, 0.3) is 0 Å². The smallest absolute Gasteiger partial charge is 0.126 e. The number of aromatic nitrogens is 1. The number of rotatable bonds is 7. The molecular weight excluding hydrogens is 324 g/mol. The Bertz CT molecular complexity index is 833. The summed E-state index contributed by atoms with van der Waals surface area (Å²) in [5, 5.41) is 3.57. The molecule has 1 N–H and O–H groups in total. The van der Waals surface area contributed by atoms with Crippen LogP contribution < -0.4 is 14.8 Å². The molecule has 2 aromatic carbocycles. The molecule has 0 saturated heterocycles. The Morgan fingerprint density at radius 3 is 2.46 bits per heavy atom. The van der Waals surface area contributed by atoms with E-state index in [0.29, 0.717) is 0 Å². The Kier molecular flexibility index (Phi) is 5.87. The van der Waals surface area contributed by atoms with Gasteiger partial charge in [0.15, 0.2) is 0 Å². The van der Waals surface area contributed by atoms with Crippen molar-refractivity contribution in [1.82, 2.24) is 10.3 Å². The van der Waals surface area contributed by atoms with Crippen molar-refractivity contribution < 1.29 is 9.47 Å².